The number of aliphatic hydroxyl groups is 6. The first-order valence-electron chi connectivity index (χ1n) is 29.9. The van der Waals surface area contributed by atoms with Crippen LogP contribution in [-0.2, 0) is 69.5 Å². The molecule has 0 amide bonds. The van der Waals surface area contributed by atoms with Crippen LogP contribution in [0.4, 0.5) is 0 Å². The first-order chi connectivity index (χ1) is 38.3. The van der Waals surface area contributed by atoms with Gasteiger partial charge < -0.3 is 40.1 Å². The monoisotopic (exact) mass is 1210 g/mol. The Bertz CT molecular complexity index is 2810. The van der Waals surface area contributed by atoms with E-state index in [0.29, 0.717) is 40.2 Å². The van der Waals surface area contributed by atoms with Crippen molar-refractivity contribution in [3.05, 3.63) is 219 Å². The van der Waals surface area contributed by atoms with Gasteiger partial charge in [0.05, 0.1) is 6.61 Å². The Balaban J connectivity index is 0.000000426. The summed E-state index contributed by atoms with van der Waals surface area (Å²) in [4.78, 5) is 0. The average Bonchev–Trinajstić information content (AvgIpc) is 1.48. The molecule has 8 nitrogen and oxygen atoms in total. The first kappa shape index (κ1) is 77.6. The summed E-state index contributed by atoms with van der Waals surface area (Å²) in [5.41, 5.74) is 10.6. The fourth-order valence-electron chi connectivity index (χ4n) is 12.2. The standard InChI is InChI=1S/C31H30O4.C19H28O.C18H26O.2C3H8O.3CH4.Ti/c1-29(2)34-27(30(32,23-15-7-3-8-16-23)24-17-9-4-10-18-24)28(35-29)31(33,25-19-11-5-12-20-25)26-21-13-6-14-22-26;1-17(2)8-9-18(3,4)16-10-13(6-7-15(16)17)19(5)11-14(19)12-20;1-13(8-11-19)14-6-7-15-16(12-14)18(4,5)10-9-17(15,2)3;2*1-3(2)4;;;;/h3-22,27-28,32-33H,1-2H3;6-7,10,14,20H,8-9,11-12H2,1-5H3;6-8,12,19H,9-11H2,1-5H3;2*3-4H,1-2H3;3*1H4;/b;;13-8-;;;;;;/t27-,28-;14-,19+;;;;;;;/m10......./s1. The zero-order chi connectivity index (χ0) is 60.7. The number of aliphatic hydroxyl groups excluding tert-OH is 4. The normalized spacial score (nSPS) is 21.4. The second kappa shape index (κ2) is 31.3. The van der Waals surface area contributed by atoms with Crippen LogP contribution in [0.15, 0.2) is 164 Å². The van der Waals surface area contributed by atoms with E-state index in [0.717, 1.165) is 12.0 Å². The molecule has 86 heavy (non-hydrogen) atoms. The number of hydrogen-bond acceptors (Lipinski definition) is 8. The Morgan fingerprint density at radius 1 is 0.488 bits per heavy atom. The van der Waals surface area contributed by atoms with Gasteiger partial charge in [0.1, 0.15) is 23.4 Å². The predicted octanol–water partition coefficient (Wildman–Crippen LogP) is 16.8. The van der Waals surface area contributed by atoms with Gasteiger partial charge in [-0.3, -0.25) is 0 Å². The largest absolute Gasteiger partial charge is 0.396 e. The number of benzene rings is 6. The van der Waals surface area contributed by atoms with E-state index in [-0.39, 0.29) is 84.5 Å². The molecule has 6 N–H and O–H groups in total. The number of fused-ring (bicyclic) bond motifs is 2. The fraction of sp³-hybridized carbons (Fsp3) is 0.506. The number of allylic oxidation sites excluding steroid dienone is 1. The van der Waals surface area contributed by atoms with Crippen LogP contribution in [0.3, 0.4) is 0 Å². The van der Waals surface area contributed by atoms with Crippen LogP contribution < -0.4 is 0 Å². The molecule has 6 aromatic rings. The molecular formula is C77H112O8Ti. The smallest absolute Gasteiger partial charge is 0.164 e. The molecule has 4 aliphatic rings. The second-order valence-corrected chi connectivity index (χ2v) is 27.3. The van der Waals surface area contributed by atoms with Crippen LogP contribution >= 0.6 is 0 Å². The summed E-state index contributed by atoms with van der Waals surface area (Å²) in [5, 5.41) is 59.8. The van der Waals surface area contributed by atoms with Crippen LogP contribution in [0.25, 0.3) is 5.57 Å². The summed E-state index contributed by atoms with van der Waals surface area (Å²) >= 11 is 0. The molecule has 2 fully saturated rings. The Morgan fingerprint density at radius 3 is 1.09 bits per heavy atom. The molecule has 10 rings (SSSR count). The van der Waals surface area contributed by atoms with Gasteiger partial charge in [0.25, 0.3) is 0 Å². The van der Waals surface area contributed by atoms with Gasteiger partial charge >= 0.3 is 0 Å². The zero-order valence-electron chi connectivity index (χ0n) is 52.9. The maximum atomic E-state index is 12.6. The van der Waals surface area contributed by atoms with Gasteiger partial charge in [-0.2, -0.15) is 0 Å². The van der Waals surface area contributed by atoms with E-state index in [1.165, 1.54) is 59.1 Å². The minimum atomic E-state index is -1.60. The van der Waals surface area contributed by atoms with Crippen molar-refractivity contribution in [3.8, 4) is 0 Å². The van der Waals surface area contributed by atoms with Crippen LogP contribution in [-0.4, -0.2) is 74.1 Å². The maximum absolute atomic E-state index is 12.6. The van der Waals surface area contributed by atoms with Gasteiger partial charge in [-0.1, -0.05) is 248 Å². The van der Waals surface area contributed by atoms with Crippen molar-refractivity contribution in [1.82, 2.24) is 0 Å². The minimum absolute atomic E-state index is 0. The van der Waals surface area contributed by atoms with E-state index < -0.39 is 29.2 Å². The van der Waals surface area contributed by atoms with Crippen molar-refractivity contribution >= 4 is 5.57 Å². The molecule has 4 atom stereocenters. The average molecular weight is 1210 g/mol. The van der Waals surface area contributed by atoms with Gasteiger partial charge in [0.2, 0.25) is 0 Å². The van der Waals surface area contributed by atoms with Crippen LogP contribution in [0.5, 0.6) is 0 Å². The molecule has 472 valence electrons. The molecule has 1 saturated carbocycles. The van der Waals surface area contributed by atoms with E-state index >= 15 is 0 Å². The van der Waals surface area contributed by atoms with Crippen LogP contribution in [0.1, 0.15) is 221 Å². The molecule has 0 unspecified atom stereocenters. The molecule has 1 saturated heterocycles. The molecule has 1 heterocycles. The Hall–Kier alpha value is -4.55. The molecule has 6 aromatic carbocycles. The van der Waals surface area contributed by atoms with E-state index in [1.807, 2.05) is 141 Å². The van der Waals surface area contributed by atoms with E-state index in [2.05, 4.69) is 106 Å². The Labute approximate surface area is 536 Å². The number of ether oxygens (including phenoxy) is 2. The second-order valence-electron chi connectivity index (χ2n) is 27.3. The van der Waals surface area contributed by atoms with Gasteiger partial charge in [0, 0.05) is 40.5 Å². The zero-order valence-corrected chi connectivity index (χ0v) is 54.5. The predicted molar refractivity (Wildman–Crippen MR) is 357 cm³/mol. The Kier molecular flexibility index (Phi) is 28.2. The van der Waals surface area contributed by atoms with Crippen LogP contribution in [0, 0.1) is 5.92 Å². The van der Waals surface area contributed by atoms with Crippen molar-refractivity contribution in [1.29, 1.82) is 0 Å². The summed E-state index contributed by atoms with van der Waals surface area (Å²) in [5.74, 6) is -0.593. The molecule has 0 spiro atoms. The summed E-state index contributed by atoms with van der Waals surface area (Å²) in [6, 6.07) is 51.7. The van der Waals surface area contributed by atoms with Crippen molar-refractivity contribution in [2.45, 2.75) is 234 Å². The van der Waals surface area contributed by atoms with Crippen molar-refractivity contribution in [2.24, 2.45) is 5.92 Å². The van der Waals surface area contributed by atoms with E-state index in [9.17, 15) is 15.3 Å². The summed E-state index contributed by atoms with van der Waals surface area (Å²) in [6.07, 6.45) is 5.81. The summed E-state index contributed by atoms with van der Waals surface area (Å²) in [7, 11) is 0. The third-order valence-corrected chi connectivity index (χ3v) is 17.6. The molecular weight excluding hydrogens is 1100 g/mol. The van der Waals surface area contributed by atoms with Gasteiger partial charge in [-0.05, 0) is 175 Å². The van der Waals surface area contributed by atoms with Crippen molar-refractivity contribution < 1.29 is 61.8 Å². The summed E-state index contributed by atoms with van der Waals surface area (Å²) < 4.78 is 13.0. The minimum Gasteiger partial charge on any atom is -0.396 e. The molecule has 9 heteroatoms. The SMILES string of the molecule is C.C.C.C/C(=C/CO)c1ccc2c(c1)C(C)(C)CCC2(C)C.CC(C)O.CC(C)O.CC1(C)CCC(C)(C)c2cc([C@@]3(C)C[C@H]3CO)ccc21.CC1(C)O[C@@H](C(O)(c2ccccc2)c2ccccc2)[C@H](C(O)(c2ccccc2)c2ccccc2)O1.[Ti]. The number of rotatable bonds is 10. The third-order valence-electron chi connectivity index (χ3n) is 17.6. The fourth-order valence-corrected chi connectivity index (χ4v) is 12.2. The topological polar surface area (TPSA) is 140 Å². The summed E-state index contributed by atoms with van der Waals surface area (Å²) in [6.45, 7) is 34.2. The Morgan fingerprint density at radius 2 is 0.791 bits per heavy atom. The maximum Gasteiger partial charge on any atom is 0.164 e. The third kappa shape index (κ3) is 17.9. The molecule has 0 radical (unpaired) electrons. The van der Waals surface area contributed by atoms with Crippen molar-refractivity contribution in [2.75, 3.05) is 13.2 Å². The van der Waals surface area contributed by atoms with Crippen molar-refractivity contribution in [3.63, 3.8) is 0 Å². The quantitative estimate of drug-likeness (QED) is 0.0746. The van der Waals surface area contributed by atoms with Gasteiger partial charge in [0.15, 0.2) is 5.79 Å². The van der Waals surface area contributed by atoms with Gasteiger partial charge in [-0.15, -0.1) is 0 Å². The van der Waals surface area contributed by atoms with E-state index in [4.69, 9.17) is 24.8 Å². The molecule has 1 aliphatic heterocycles. The van der Waals surface area contributed by atoms with Gasteiger partial charge in [-0.25, -0.2) is 0 Å². The molecule has 0 aromatic heterocycles. The van der Waals surface area contributed by atoms with E-state index in [1.54, 1.807) is 27.7 Å². The molecule has 3 aliphatic carbocycles. The number of hydrogen-bond donors (Lipinski definition) is 6. The van der Waals surface area contributed by atoms with Crippen LogP contribution in [0.2, 0.25) is 0 Å². The molecule has 0 bridgehead atoms. The first-order valence-corrected chi connectivity index (χ1v) is 29.9.